The number of benzene rings is 2. The van der Waals surface area contributed by atoms with Gasteiger partial charge in [0.2, 0.25) is 0 Å². The minimum atomic E-state index is -0.692. The summed E-state index contributed by atoms with van der Waals surface area (Å²) in [5.74, 6) is -0.927. The fourth-order valence-corrected chi connectivity index (χ4v) is 3.71. The highest BCUT2D eigenvalue weighted by Gasteiger charge is 2.25. The summed E-state index contributed by atoms with van der Waals surface area (Å²) < 4.78 is 0. The lowest BCUT2D eigenvalue weighted by Gasteiger charge is -2.32. The van der Waals surface area contributed by atoms with Crippen LogP contribution in [0.2, 0.25) is 5.02 Å². The van der Waals surface area contributed by atoms with Gasteiger partial charge in [-0.1, -0.05) is 23.7 Å². The maximum atomic E-state index is 11.2. The highest BCUT2D eigenvalue weighted by Crippen LogP contribution is 2.29. The van der Waals surface area contributed by atoms with Gasteiger partial charge in [0.05, 0.1) is 11.6 Å². The molecule has 0 amide bonds. The third kappa shape index (κ3) is 4.51. The molecule has 2 aromatic rings. The Balaban J connectivity index is 1.86. The number of aryl methyl sites for hydroxylation is 2. The number of nitrogens with zero attached hydrogens (tertiary/aromatic N) is 2. The second-order valence-electron chi connectivity index (χ2n) is 7.25. The molecule has 0 bridgehead atoms. The average Bonchev–Trinajstić information content (AvgIpc) is 2.65. The zero-order valence-electron chi connectivity index (χ0n) is 16.0. The SMILES string of the molecule is CC(=Nc1cc(C)ccc1C)c1cc(N2CCC(C(=O)O)CC2)ccc1Cl. The molecule has 1 N–H and O–H groups in total. The summed E-state index contributed by atoms with van der Waals surface area (Å²) >= 11 is 6.45. The fourth-order valence-electron chi connectivity index (χ4n) is 3.45. The Labute approximate surface area is 165 Å². The van der Waals surface area contributed by atoms with E-state index in [9.17, 15) is 9.90 Å². The lowest BCUT2D eigenvalue weighted by atomic mass is 9.96. The second-order valence-corrected chi connectivity index (χ2v) is 7.66. The summed E-state index contributed by atoms with van der Waals surface area (Å²) in [7, 11) is 0. The predicted molar refractivity (Wildman–Crippen MR) is 112 cm³/mol. The first-order valence-electron chi connectivity index (χ1n) is 9.25. The Morgan fingerprint density at radius 1 is 1.15 bits per heavy atom. The van der Waals surface area contributed by atoms with Crippen molar-refractivity contribution in [1.82, 2.24) is 0 Å². The Morgan fingerprint density at radius 3 is 2.52 bits per heavy atom. The van der Waals surface area contributed by atoms with Gasteiger partial charge in [-0.05, 0) is 69.0 Å². The van der Waals surface area contributed by atoms with Gasteiger partial charge in [-0.3, -0.25) is 9.79 Å². The third-order valence-corrected chi connectivity index (χ3v) is 5.53. The van der Waals surface area contributed by atoms with Gasteiger partial charge in [0, 0.05) is 35.1 Å². The van der Waals surface area contributed by atoms with Gasteiger partial charge < -0.3 is 10.0 Å². The van der Waals surface area contributed by atoms with Crippen molar-refractivity contribution in [3.63, 3.8) is 0 Å². The summed E-state index contributed by atoms with van der Waals surface area (Å²) in [6.45, 7) is 7.57. The molecular weight excluding hydrogens is 360 g/mol. The Bertz CT molecular complexity index is 884. The molecule has 1 fully saturated rings. The number of halogens is 1. The maximum absolute atomic E-state index is 11.2. The van der Waals surface area contributed by atoms with Crippen molar-refractivity contribution < 1.29 is 9.90 Å². The van der Waals surface area contributed by atoms with Crippen LogP contribution in [0, 0.1) is 19.8 Å². The van der Waals surface area contributed by atoms with Crippen LogP contribution in [0.15, 0.2) is 41.4 Å². The molecule has 0 aliphatic carbocycles. The quantitative estimate of drug-likeness (QED) is 0.718. The zero-order chi connectivity index (χ0) is 19.6. The van der Waals surface area contributed by atoms with E-state index in [0.717, 1.165) is 41.3 Å². The highest BCUT2D eigenvalue weighted by molar-refractivity contribution is 6.34. The number of anilines is 1. The van der Waals surface area contributed by atoms with E-state index in [4.69, 9.17) is 16.6 Å². The van der Waals surface area contributed by atoms with E-state index in [1.807, 2.05) is 19.1 Å². The molecular formula is C22H25ClN2O2. The first kappa shape index (κ1) is 19.4. The number of aliphatic carboxylic acids is 1. The van der Waals surface area contributed by atoms with E-state index in [1.165, 1.54) is 5.56 Å². The molecule has 0 spiro atoms. The lowest BCUT2D eigenvalue weighted by molar-refractivity contribution is -0.142. The first-order valence-corrected chi connectivity index (χ1v) is 9.63. The standard InChI is InChI=1S/C22H25ClN2O2/c1-14-4-5-15(2)21(12-14)24-16(3)19-13-18(6-7-20(19)23)25-10-8-17(9-11-25)22(26)27/h4-7,12-13,17H,8-11H2,1-3H3,(H,26,27). The topological polar surface area (TPSA) is 52.9 Å². The summed E-state index contributed by atoms with van der Waals surface area (Å²) in [4.78, 5) is 18.2. The highest BCUT2D eigenvalue weighted by atomic mass is 35.5. The molecule has 0 atom stereocenters. The van der Waals surface area contributed by atoms with Crippen LogP contribution >= 0.6 is 11.6 Å². The molecule has 1 heterocycles. The van der Waals surface area contributed by atoms with Gasteiger partial charge in [-0.15, -0.1) is 0 Å². The van der Waals surface area contributed by atoms with Crippen LogP contribution in [0.25, 0.3) is 0 Å². The van der Waals surface area contributed by atoms with E-state index in [0.29, 0.717) is 17.9 Å². The molecule has 27 heavy (non-hydrogen) atoms. The van der Waals surface area contributed by atoms with E-state index in [2.05, 4.69) is 43.0 Å². The van der Waals surface area contributed by atoms with Crippen molar-refractivity contribution in [3.05, 3.63) is 58.1 Å². The van der Waals surface area contributed by atoms with Crippen LogP contribution in [-0.4, -0.2) is 29.9 Å². The maximum Gasteiger partial charge on any atom is 0.306 e. The van der Waals surface area contributed by atoms with E-state index in [1.54, 1.807) is 0 Å². The van der Waals surface area contributed by atoms with E-state index < -0.39 is 5.97 Å². The van der Waals surface area contributed by atoms with Gasteiger partial charge in [0.25, 0.3) is 0 Å². The van der Waals surface area contributed by atoms with Crippen molar-refractivity contribution in [3.8, 4) is 0 Å². The van der Waals surface area contributed by atoms with Crippen molar-refractivity contribution in [2.45, 2.75) is 33.6 Å². The largest absolute Gasteiger partial charge is 0.481 e. The number of rotatable bonds is 4. The van der Waals surface area contributed by atoms with Gasteiger partial charge in [-0.2, -0.15) is 0 Å². The lowest BCUT2D eigenvalue weighted by Crippen LogP contribution is -2.36. The van der Waals surface area contributed by atoms with Gasteiger partial charge in [-0.25, -0.2) is 0 Å². The van der Waals surface area contributed by atoms with Gasteiger partial charge in [0.1, 0.15) is 0 Å². The van der Waals surface area contributed by atoms with E-state index in [-0.39, 0.29) is 5.92 Å². The molecule has 2 aromatic carbocycles. The third-order valence-electron chi connectivity index (χ3n) is 5.20. The number of hydrogen-bond donors (Lipinski definition) is 1. The van der Waals surface area contributed by atoms with Gasteiger partial charge >= 0.3 is 5.97 Å². The summed E-state index contributed by atoms with van der Waals surface area (Å²) in [5.41, 5.74) is 6.10. The van der Waals surface area contributed by atoms with Crippen LogP contribution < -0.4 is 4.90 Å². The Morgan fingerprint density at radius 2 is 1.85 bits per heavy atom. The number of aliphatic imine (C=N–C) groups is 1. The second kappa shape index (κ2) is 8.13. The minimum absolute atomic E-state index is 0.236. The number of carbonyl (C=O) groups is 1. The molecule has 1 saturated heterocycles. The zero-order valence-corrected chi connectivity index (χ0v) is 16.8. The normalized spacial score (nSPS) is 15.9. The van der Waals surface area contributed by atoms with Crippen molar-refractivity contribution in [2.24, 2.45) is 10.9 Å². The average molecular weight is 385 g/mol. The molecule has 1 aliphatic heterocycles. The van der Waals surface area contributed by atoms with Crippen molar-refractivity contribution in [1.29, 1.82) is 0 Å². The number of hydrogen-bond acceptors (Lipinski definition) is 3. The van der Waals surface area contributed by atoms with Crippen LogP contribution in [0.3, 0.4) is 0 Å². The van der Waals surface area contributed by atoms with Crippen LogP contribution in [0.1, 0.15) is 36.5 Å². The molecule has 0 aromatic heterocycles. The summed E-state index contributed by atoms with van der Waals surface area (Å²) in [6.07, 6.45) is 1.34. The van der Waals surface area contributed by atoms with Crippen molar-refractivity contribution in [2.75, 3.05) is 18.0 Å². The van der Waals surface area contributed by atoms with Crippen LogP contribution in [0.4, 0.5) is 11.4 Å². The van der Waals surface area contributed by atoms with Crippen LogP contribution in [-0.2, 0) is 4.79 Å². The molecule has 5 heteroatoms. The molecule has 3 rings (SSSR count). The Kier molecular flexibility index (Phi) is 5.85. The monoisotopic (exact) mass is 384 g/mol. The number of piperidine rings is 1. The summed E-state index contributed by atoms with van der Waals surface area (Å²) in [5, 5.41) is 9.85. The molecule has 0 radical (unpaired) electrons. The predicted octanol–water partition coefficient (Wildman–Crippen LogP) is 5.40. The molecule has 0 saturated carbocycles. The molecule has 142 valence electrons. The first-order chi connectivity index (χ1) is 12.8. The molecule has 4 nitrogen and oxygen atoms in total. The van der Waals surface area contributed by atoms with Gasteiger partial charge in [0.15, 0.2) is 0 Å². The van der Waals surface area contributed by atoms with Crippen LogP contribution in [0.5, 0.6) is 0 Å². The molecule has 0 unspecified atom stereocenters. The Hall–Kier alpha value is -2.33. The fraction of sp³-hybridized carbons (Fsp3) is 0.364. The minimum Gasteiger partial charge on any atom is -0.481 e. The van der Waals surface area contributed by atoms with Crippen molar-refractivity contribution >= 4 is 34.7 Å². The smallest absolute Gasteiger partial charge is 0.306 e. The van der Waals surface area contributed by atoms with E-state index >= 15 is 0 Å². The molecule has 1 aliphatic rings. The number of carboxylic acid groups (broad SMARTS) is 1. The summed E-state index contributed by atoms with van der Waals surface area (Å²) in [6, 6.07) is 12.2. The number of carboxylic acids is 1.